The highest BCUT2D eigenvalue weighted by atomic mass is 16.5. The third-order valence-electron chi connectivity index (χ3n) is 2.50. The summed E-state index contributed by atoms with van der Waals surface area (Å²) in [5.41, 5.74) is 5.71. The van der Waals surface area contributed by atoms with E-state index < -0.39 is 0 Å². The van der Waals surface area contributed by atoms with Gasteiger partial charge in [0, 0.05) is 6.54 Å². The van der Waals surface area contributed by atoms with E-state index in [9.17, 15) is 4.79 Å². The van der Waals surface area contributed by atoms with Crippen LogP contribution >= 0.6 is 0 Å². The zero-order valence-corrected chi connectivity index (χ0v) is 11.5. The van der Waals surface area contributed by atoms with Crippen molar-refractivity contribution >= 4 is 5.91 Å². The predicted molar refractivity (Wildman–Crippen MR) is 67.5 cm³/mol. The van der Waals surface area contributed by atoms with E-state index >= 15 is 0 Å². The minimum absolute atomic E-state index is 0.0664. The number of amides is 1. The molecule has 0 aliphatic carbocycles. The van der Waals surface area contributed by atoms with Gasteiger partial charge in [0.25, 0.3) is 0 Å². The third kappa shape index (κ3) is 4.83. The van der Waals surface area contributed by atoms with Crippen LogP contribution in [0.4, 0.5) is 0 Å². The minimum Gasteiger partial charge on any atom is -0.347 e. The Labute approximate surface area is 107 Å². The number of aromatic nitrogens is 2. The Morgan fingerprint density at radius 2 is 2.17 bits per heavy atom. The number of nitrogens with zero attached hydrogens (tertiary/aromatic N) is 2. The van der Waals surface area contributed by atoms with Crippen LogP contribution in [0.15, 0.2) is 4.52 Å². The van der Waals surface area contributed by atoms with Crippen molar-refractivity contribution in [3.8, 4) is 0 Å². The van der Waals surface area contributed by atoms with Crippen LogP contribution in [0.5, 0.6) is 0 Å². The van der Waals surface area contributed by atoms with E-state index in [1.54, 1.807) is 6.92 Å². The molecular weight excluding hydrogens is 232 g/mol. The van der Waals surface area contributed by atoms with Gasteiger partial charge in [-0.15, -0.1) is 0 Å². The van der Waals surface area contributed by atoms with Crippen molar-refractivity contribution in [1.29, 1.82) is 0 Å². The van der Waals surface area contributed by atoms with Crippen LogP contribution in [0.2, 0.25) is 0 Å². The van der Waals surface area contributed by atoms with Gasteiger partial charge in [-0.3, -0.25) is 4.79 Å². The van der Waals surface area contributed by atoms with E-state index in [0.29, 0.717) is 18.3 Å². The molecule has 1 rings (SSSR count). The van der Waals surface area contributed by atoms with Crippen LogP contribution in [0, 0.1) is 18.3 Å². The second kappa shape index (κ2) is 5.95. The Balaban J connectivity index is 2.47. The first kappa shape index (κ1) is 14.6. The number of nitrogens with one attached hydrogen (secondary N) is 1. The highest BCUT2D eigenvalue weighted by molar-refractivity contribution is 5.78. The van der Waals surface area contributed by atoms with Crippen LogP contribution in [-0.2, 0) is 11.3 Å². The van der Waals surface area contributed by atoms with Crippen LogP contribution in [0.25, 0.3) is 0 Å². The average molecular weight is 254 g/mol. The smallest absolute Gasteiger partial charge is 0.246 e. The van der Waals surface area contributed by atoms with E-state index in [2.05, 4.69) is 36.2 Å². The molecule has 6 heteroatoms. The molecule has 18 heavy (non-hydrogen) atoms. The van der Waals surface area contributed by atoms with Crippen LogP contribution in [0.1, 0.15) is 38.9 Å². The SMILES string of the molecule is Cc1noc(CNC(=O)C(CN)CC(C)(C)C)n1. The van der Waals surface area contributed by atoms with Crippen molar-refractivity contribution in [3.05, 3.63) is 11.7 Å². The second-order valence-corrected chi connectivity index (χ2v) is 5.65. The summed E-state index contributed by atoms with van der Waals surface area (Å²) in [6, 6.07) is 0. The molecule has 1 aromatic rings. The Hall–Kier alpha value is -1.43. The number of aryl methyl sites for hydroxylation is 1. The largest absolute Gasteiger partial charge is 0.347 e. The first-order valence-corrected chi connectivity index (χ1v) is 6.09. The summed E-state index contributed by atoms with van der Waals surface area (Å²) >= 11 is 0. The van der Waals surface area contributed by atoms with Gasteiger partial charge >= 0.3 is 0 Å². The topological polar surface area (TPSA) is 94.0 Å². The van der Waals surface area contributed by atoms with Gasteiger partial charge in [0.05, 0.1) is 12.5 Å². The van der Waals surface area contributed by atoms with Gasteiger partial charge in [0.1, 0.15) is 0 Å². The molecule has 102 valence electrons. The lowest BCUT2D eigenvalue weighted by molar-refractivity contribution is -0.125. The third-order valence-corrected chi connectivity index (χ3v) is 2.50. The van der Waals surface area contributed by atoms with Gasteiger partial charge in [0.15, 0.2) is 5.82 Å². The lowest BCUT2D eigenvalue weighted by Crippen LogP contribution is -2.36. The zero-order valence-electron chi connectivity index (χ0n) is 11.5. The fraction of sp³-hybridized carbons (Fsp3) is 0.750. The maximum absolute atomic E-state index is 12.0. The van der Waals surface area contributed by atoms with Crippen molar-refractivity contribution in [1.82, 2.24) is 15.5 Å². The van der Waals surface area contributed by atoms with Crippen LogP contribution < -0.4 is 11.1 Å². The molecule has 0 aliphatic heterocycles. The van der Waals surface area contributed by atoms with E-state index in [0.717, 1.165) is 6.42 Å². The van der Waals surface area contributed by atoms with Gasteiger partial charge in [-0.05, 0) is 18.8 Å². The maximum Gasteiger partial charge on any atom is 0.246 e. The molecule has 0 aromatic carbocycles. The van der Waals surface area contributed by atoms with Gasteiger partial charge in [-0.1, -0.05) is 25.9 Å². The first-order valence-electron chi connectivity index (χ1n) is 6.09. The maximum atomic E-state index is 12.0. The van der Waals surface area contributed by atoms with Crippen molar-refractivity contribution in [2.45, 2.75) is 40.7 Å². The first-order chi connectivity index (χ1) is 8.31. The Kier molecular flexibility index (Phi) is 4.84. The predicted octanol–water partition coefficient (Wildman–Crippen LogP) is 1.01. The molecule has 6 nitrogen and oxygen atoms in total. The standard InChI is InChI=1S/C12H22N4O2/c1-8-15-10(18-16-8)7-14-11(17)9(6-13)5-12(2,3)4/h9H,5-7,13H2,1-4H3,(H,14,17). The highest BCUT2D eigenvalue weighted by Gasteiger charge is 2.23. The molecule has 1 heterocycles. The summed E-state index contributed by atoms with van der Waals surface area (Å²) < 4.78 is 4.92. The second-order valence-electron chi connectivity index (χ2n) is 5.65. The van der Waals surface area contributed by atoms with Gasteiger partial charge in [-0.25, -0.2) is 0 Å². The van der Waals surface area contributed by atoms with Gasteiger partial charge in [0.2, 0.25) is 11.8 Å². The fourth-order valence-electron chi connectivity index (χ4n) is 1.74. The van der Waals surface area contributed by atoms with Crippen molar-refractivity contribution < 1.29 is 9.32 Å². The molecule has 0 spiro atoms. The lowest BCUT2D eigenvalue weighted by Gasteiger charge is -2.24. The Morgan fingerprint density at radius 3 is 2.61 bits per heavy atom. The quantitative estimate of drug-likeness (QED) is 0.817. The molecule has 0 fully saturated rings. The van der Waals surface area contributed by atoms with Crippen molar-refractivity contribution in [2.75, 3.05) is 6.54 Å². The number of nitrogens with two attached hydrogens (primary N) is 1. The number of hydrogen-bond acceptors (Lipinski definition) is 5. The average Bonchev–Trinajstić information content (AvgIpc) is 2.67. The minimum atomic E-state index is -0.186. The molecule has 1 amide bonds. The number of carbonyl (C=O) groups excluding carboxylic acids is 1. The van der Waals surface area contributed by atoms with Crippen LogP contribution in [0.3, 0.4) is 0 Å². The van der Waals surface area contributed by atoms with Crippen LogP contribution in [-0.4, -0.2) is 22.6 Å². The molecule has 0 bridgehead atoms. The molecule has 0 radical (unpaired) electrons. The van der Waals surface area contributed by atoms with Crippen molar-refractivity contribution in [3.63, 3.8) is 0 Å². The normalized spacial score (nSPS) is 13.4. The molecular formula is C12H22N4O2. The number of rotatable bonds is 5. The highest BCUT2D eigenvalue weighted by Crippen LogP contribution is 2.23. The van der Waals surface area contributed by atoms with E-state index in [-0.39, 0.29) is 23.8 Å². The summed E-state index contributed by atoms with van der Waals surface area (Å²) in [5.74, 6) is 0.717. The number of carbonyl (C=O) groups is 1. The lowest BCUT2D eigenvalue weighted by atomic mass is 9.84. The molecule has 1 atom stereocenters. The summed E-state index contributed by atoms with van der Waals surface area (Å²) in [5, 5.41) is 6.43. The molecule has 0 saturated carbocycles. The van der Waals surface area contributed by atoms with Gasteiger partial charge < -0.3 is 15.6 Å². The fourth-order valence-corrected chi connectivity index (χ4v) is 1.74. The molecule has 1 aromatic heterocycles. The summed E-state index contributed by atoms with van der Waals surface area (Å²) in [7, 11) is 0. The molecule has 0 saturated heterocycles. The van der Waals surface area contributed by atoms with E-state index in [1.807, 2.05) is 0 Å². The summed E-state index contributed by atoms with van der Waals surface area (Å²) in [6.45, 7) is 8.59. The Bertz CT molecular complexity index is 395. The molecule has 3 N–H and O–H groups in total. The zero-order chi connectivity index (χ0) is 13.8. The van der Waals surface area contributed by atoms with Gasteiger partial charge in [-0.2, -0.15) is 4.98 Å². The molecule has 0 aliphatic rings. The monoisotopic (exact) mass is 254 g/mol. The van der Waals surface area contributed by atoms with E-state index in [4.69, 9.17) is 10.3 Å². The van der Waals surface area contributed by atoms with E-state index in [1.165, 1.54) is 0 Å². The number of hydrogen-bond donors (Lipinski definition) is 2. The summed E-state index contributed by atoms with van der Waals surface area (Å²) in [6.07, 6.45) is 0.748. The summed E-state index contributed by atoms with van der Waals surface area (Å²) in [4.78, 5) is 16.0. The molecule has 1 unspecified atom stereocenters. The van der Waals surface area contributed by atoms with Crippen molar-refractivity contribution in [2.24, 2.45) is 17.1 Å². The Morgan fingerprint density at radius 1 is 1.50 bits per heavy atom.